The molecule has 11 heavy (non-hydrogen) atoms. The van der Waals surface area contributed by atoms with Gasteiger partial charge < -0.3 is 5.32 Å². The fourth-order valence-electron chi connectivity index (χ4n) is 1.05. The monoisotopic (exact) mass is 153 g/mol. The third-order valence-corrected chi connectivity index (χ3v) is 1.46. The lowest BCUT2D eigenvalue weighted by atomic mass is 10.3. The third-order valence-electron chi connectivity index (χ3n) is 1.46. The summed E-state index contributed by atoms with van der Waals surface area (Å²) in [5.41, 5.74) is 2.18. The number of aryl methyl sites for hydroxylation is 2. The molecule has 0 bridgehead atoms. The lowest BCUT2D eigenvalue weighted by molar-refractivity contribution is 0.756. The van der Waals surface area contributed by atoms with Gasteiger partial charge in [0.2, 0.25) is 0 Å². The fourth-order valence-corrected chi connectivity index (χ4v) is 1.05. The molecule has 3 nitrogen and oxygen atoms in total. The average molecular weight is 153 g/mol. The number of rotatable bonds is 2. The van der Waals surface area contributed by atoms with Crippen molar-refractivity contribution in [2.45, 2.75) is 26.8 Å². The van der Waals surface area contributed by atoms with Crippen LogP contribution in [0.25, 0.3) is 0 Å². The molecule has 62 valence electrons. The minimum atomic E-state index is 0.470. The summed E-state index contributed by atoms with van der Waals surface area (Å²) in [6.07, 6.45) is 2.00. The Labute approximate surface area is 67.4 Å². The van der Waals surface area contributed by atoms with Crippen molar-refractivity contribution in [2.75, 3.05) is 5.32 Å². The first-order valence-electron chi connectivity index (χ1n) is 3.86. The van der Waals surface area contributed by atoms with Gasteiger partial charge >= 0.3 is 0 Å². The smallest absolute Gasteiger partial charge is 0.0825 e. The lowest BCUT2D eigenvalue weighted by Crippen LogP contribution is -2.09. The zero-order chi connectivity index (χ0) is 8.43. The molecular weight excluding hydrogens is 138 g/mol. The molecule has 0 aliphatic rings. The molecule has 0 aromatic carbocycles. The van der Waals surface area contributed by atoms with Gasteiger partial charge in [-0.3, -0.25) is 4.68 Å². The number of aromatic nitrogens is 2. The Morgan fingerprint density at radius 2 is 2.18 bits per heavy atom. The van der Waals surface area contributed by atoms with Crippen molar-refractivity contribution >= 4 is 5.69 Å². The van der Waals surface area contributed by atoms with Gasteiger partial charge in [-0.15, -0.1) is 0 Å². The van der Waals surface area contributed by atoms with Crippen LogP contribution in [0.15, 0.2) is 6.20 Å². The Bertz CT molecular complexity index is 237. The van der Waals surface area contributed by atoms with Gasteiger partial charge in [-0.1, -0.05) is 0 Å². The lowest BCUT2D eigenvalue weighted by Gasteiger charge is -2.06. The van der Waals surface area contributed by atoms with Crippen LogP contribution in [0.5, 0.6) is 0 Å². The minimum Gasteiger partial charge on any atom is -0.380 e. The van der Waals surface area contributed by atoms with Crippen LogP contribution in [-0.4, -0.2) is 15.8 Å². The quantitative estimate of drug-likeness (QED) is 0.698. The van der Waals surface area contributed by atoms with Crippen LogP contribution in [0.3, 0.4) is 0 Å². The van der Waals surface area contributed by atoms with E-state index in [2.05, 4.69) is 24.3 Å². The van der Waals surface area contributed by atoms with E-state index in [1.807, 2.05) is 24.9 Å². The molecule has 0 amide bonds. The van der Waals surface area contributed by atoms with E-state index in [0.29, 0.717) is 6.04 Å². The Kier molecular flexibility index (Phi) is 2.17. The van der Waals surface area contributed by atoms with Crippen molar-refractivity contribution in [2.24, 2.45) is 7.05 Å². The van der Waals surface area contributed by atoms with Crippen LogP contribution >= 0.6 is 0 Å². The first kappa shape index (κ1) is 8.11. The van der Waals surface area contributed by atoms with Gasteiger partial charge in [-0.2, -0.15) is 5.10 Å². The zero-order valence-corrected chi connectivity index (χ0v) is 7.55. The zero-order valence-electron chi connectivity index (χ0n) is 7.55. The first-order valence-corrected chi connectivity index (χ1v) is 3.86. The second-order valence-corrected chi connectivity index (χ2v) is 3.10. The number of anilines is 1. The maximum Gasteiger partial charge on any atom is 0.0825 e. The third kappa shape index (κ3) is 1.97. The van der Waals surface area contributed by atoms with Gasteiger partial charge in [0.05, 0.1) is 11.4 Å². The van der Waals surface area contributed by atoms with Gasteiger partial charge in [0, 0.05) is 19.3 Å². The molecule has 0 atom stereocenters. The molecule has 1 rings (SSSR count). The fraction of sp³-hybridized carbons (Fsp3) is 0.625. The Morgan fingerprint density at radius 3 is 2.55 bits per heavy atom. The van der Waals surface area contributed by atoms with Crippen molar-refractivity contribution in [1.29, 1.82) is 0 Å². The Hall–Kier alpha value is -0.990. The van der Waals surface area contributed by atoms with Crippen LogP contribution in [0.1, 0.15) is 19.5 Å². The number of hydrogen-bond donors (Lipinski definition) is 1. The summed E-state index contributed by atoms with van der Waals surface area (Å²) in [4.78, 5) is 0. The van der Waals surface area contributed by atoms with Crippen LogP contribution in [0.4, 0.5) is 5.69 Å². The van der Waals surface area contributed by atoms with Crippen molar-refractivity contribution in [1.82, 2.24) is 9.78 Å². The van der Waals surface area contributed by atoms with E-state index in [4.69, 9.17) is 0 Å². The van der Waals surface area contributed by atoms with Crippen molar-refractivity contribution in [3.63, 3.8) is 0 Å². The van der Waals surface area contributed by atoms with Gasteiger partial charge in [-0.05, 0) is 20.8 Å². The van der Waals surface area contributed by atoms with Crippen molar-refractivity contribution in [3.05, 3.63) is 11.9 Å². The summed E-state index contributed by atoms with van der Waals surface area (Å²) in [5, 5.41) is 7.53. The SMILES string of the molecule is Cc1nn(C)cc1NC(C)C. The summed E-state index contributed by atoms with van der Waals surface area (Å²) in [7, 11) is 1.93. The van der Waals surface area contributed by atoms with Crippen LogP contribution in [-0.2, 0) is 7.05 Å². The molecule has 0 saturated heterocycles. The predicted octanol–water partition coefficient (Wildman–Crippen LogP) is 1.55. The van der Waals surface area contributed by atoms with Gasteiger partial charge in [-0.25, -0.2) is 0 Å². The van der Waals surface area contributed by atoms with Crippen LogP contribution in [0, 0.1) is 6.92 Å². The van der Waals surface area contributed by atoms with E-state index in [1.54, 1.807) is 0 Å². The molecule has 0 fully saturated rings. The predicted molar refractivity (Wildman–Crippen MR) is 46.7 cm³/mol. The Morgan fingerprint density at radius 1 is 1.55 bits per heavy atom. The van der Waals surface area contributed by atoms with E-state index >= 15 is 0 Å². The molecule has 1 aromatic heterocycles. The molecular formula is C8H15N3. The molecule has 3 heteroatoms. The van der Waals surface area contributed by atoms with Crippen molar-refractivity contribution in [3.8, 4) is 0 Å². The highest BCUT2D eigenvalue weighted by Crippen LogP contribution is 2.11. The maximum absolute atomic E-state index is 4.22. The van der Waals surface area contributed by atoms with E-state index in [-0.39, 0.29) is 0 Å². The summed E-state index contributed by atoms with van der Waals surface area (Å²) in [6.45, 7) is 6.24. The Balaban J connectivity index is 2.77. The number of nitrogens with one attached hydrogen (secondary N) is 1. The van der Waals surface area contributed by atoms with Gasteiger partial charge in [0.25, 0.3) is 0 Å². The molecule has 0 aliphatic carbocycles. The molecule has 1 aromatic rings. The minimum absolute atomic E-state index is 0.470. The van der Waals surface area contributed by atoms with Crippen molar-refractivity contribution < 1.29 is 0 Å². The van der Waals surface area contributed by atoms with E-state index in [9.17, 15) is 0 Å². The van der Waals surface area contributed by atoms with E-state index in [0.717, 1.165) is 11.4 Å². The summed E-state index contributed by atoms with van der Waals surface area (Å²) >= 11 is 0. The standard InChI is InChI=1S/C8H15N3/c1-6(2)9-8-5-11(4)10-7(8)3/h5-6,9H,1-4H3. The highest BCUT2D eigenvalue weighted by molar-refractivity contribution is 5.45. The molecule has 1 heterocycles. The molecule has 0 aliphatic heterocycles. The molecule has 0 radical (unpaired) electrons. The molecule has 0 unspecified atom stereocenters. The summed E-state index contributed by atoms with van der Waals surface area (Å²) in [5.74, 6) is 0. The van der Waals surface area contributed by atoms with Gasteiger partial charge in [0.1, 0.15) is 0 Å². The van der Waals surface area contributed by atoms with E-state index in [1.165, 1.54) is 0 Å². The maximum atomic E-state index is 4.22. The largest absolute Gasteiger partial charge is 0.380 e. The topological polar surface area (TPSA) is 29.9 Å². The molecule has 0 spiro atoms. The summed E-state index contributed by atoms with van der Waals surface area (Å²) < 4.78 is 1.82. The highest BCUT2D eigenvalue weighted by atomic mass is 15.3. The highest BCUT2D eigenvalue weighted by Gasteiger charge is 2.02. The molecule has 0 saturated carbocycles. The van der Waals surface area contributed by atoms with Crippen LogP contribution < -0.4 is 5.32 Å². The number of hydrogen-bond acceptors (Lipinski definition) is 2. The molecule has 1 N–H and O–H groups in total. The summed E-state index contributed by atoms with van der Waals surface area (Å²) in [6, 6.07) is 0.470. The second kappa shape index (κ2) is 2.95. The normalized spacial score (nSPS) is 10.6. The van der Waals surface area contributed by atoms with Gasteiger partial charge in [0.15, 0.2) is 0 Å². The van der Waals surface area contributed by atoms with Crippen LogP contribution in [0.2, 0.25) is 0 Å². The first-order chi connectivity index (χ1) is 5.09. The number of nitrogens with zero attached hydrogens (tertiary/aromatic N) is 2. The average Bonchev–Trinajstić information content (AvgIpc) is 2.09. The van der Waals surface area contributed by atoms with E-state index < -0.39 is 0 Å². The second-order valence-electron chi connectivity index (χ2n) is 3.10.